The Kier molecular flexibility index (Phi) is 4.73. The normalized spacial score (nSPS) is 15.8. The van der Waals surface area contributed by atoms with Crippen LogP contribution in [0.15, 0.2) is 12.1 Å². The van der Waals surface area contributed by atoms with E-state index < -0.39 is 0 Å². The van der Waals surface area contributed by atoms with E-state index in [1.54, 1.807) is 12.1 Å². The van der Waals surface area contributed by atoms with E-state index in [0.29, 0.717) is 31.2 Å². The van der Waals surface area contributed by atoms with Crippen LogP contribution in [0.25, 0.3) is 0 Å². The molecule has 1 aliphatic rings. The van der Waals surface area contributed by atoms with Crippen molar-refractivity contribution in [3.8, 4) is 11.8 Å². The van der Waals surface area contributed by atoms with Crippen molar-refractivity contribution in [2.24, 2.45) is 0 Å². The lowest BCUT2D eigenvalue weighted by Crippen LogP contribution is -2.48. The number of carbonyl (C=O) groups excluding carboxylic acids is 1. The summed E-state index contributed by atoms with van der Waals surface area (Å²) >= 11 is 1.31. The van der Waals surface area contributed by atoms with E-state index in [1.165, 1.54) is 11.3 Å². The number of aliphatic hydroxyl groups is 1. The van der Waals surface area contributed by atoms with Gasteiger partial charge in [-0.3, -0.25) is 10.2 Å². The van der Waals surface area contributed by atoms with Gasteiger partial charge in [-0.05, 0) is 12.1 Å². The lowest BCUT2D eigenvalue weighted by atomic mass is 10.4. The second-order valence-electron chi connectivity index (χ2n) is 3.66. The van der Waals surface area contributed by atoms with E-state index in [4.69, 9.17) is 9.84 Å². The number of hydrazine groups is 1. The molecule has 6 heteroatoms. The minimum atomic E-state index is -0.173. The van der Waals surface area contributed by atoms with Crippen LogP contribution < -0.4 is 5.43 Å². The molecule has 0 spiro atoms. The molecule has 0 saturated carbocycles. The summed E-state index contributed by atoms with van der Waals surface area (Å²) in [5, 5.41) is 10.4. The van der Waals surface area contributed by atoms with E-state index in [9.17, 15) is 4.79 Å². The summed E-state index contributed by atoms with van der Waals surface area (Å²) in [5.41, 5.74) is 2.83. The summed E-state index contributed by atoms with van der Waals surface area (Å²) in [7, 11) is 0. The van der Waals surface area contributed by atoms with Crippen LogP contribution >= 0.6 is 11.3 Å². The quantitative estimate of drug-likeness (QED) is 0.744. The first kappa shape index (κ1) is 13.1. The van der Waals surface area contributed by atoms with Gasteiger partial charge in [0.2, 0.25) is 0 Å². The molecule has 0 radical (unpaired) electrons. The predicted octanol–water partition coefficient (Wildman–Crippen LogP) is 0.0689. The molecule has 0 atom stereocenters. The second kappa shape index (κ2) is 6.52. The van der Waals surface area contributed by atoms with E-state index >= 15 is 0 Å². The van der Waals surface area contributed by atoms with Crippen molar-refractivity contribution in [1.29, 1.82) is 0 Å². The SMILES string of the molecule is O=C(NN1CCOCC1)c1ccc(C#CCO)s1. The zero-order chi connectivity index (χ0) is 12.8. The van der Waals surface area contributed by atoms with Gasteiger partial charge >= 0.3 is 0 Å². The molecule has 1 saturated heterocycles. The van der Waals surface area contributed by atoms with Crippen LogP contribution in [0.5, 0.6) is 0 Å². The van der Waals surface area contributed by atoms with E-state index in [0.717, 1.165) is 4.88 Å². The molecule has 1 aromatic heterocycles. The van der Waals surface area contributed by atoms with Gasteiger partial charge in [-0.15, -0.1) is 11.3 Å². The van der Waals surface area contributed by atoms with Gasteiger partial charge in [0, 0.05) is 13.1 Å². The summed E-state index contributed by atoms with van der Waals surface area (Å²) < 4.78 is 5.20. The Labute approximate surface area is 109 Å². The minimum absolute atomic E-state index is 0.126. The standard InChI is InChI=1S/C12H14N2O3S/c15-7-1-2-10-3-4-11(18-10)12(16)13-14-5-8-17-9-6-14/h3-4,15H,5-9H2,(H,13,16). The molecule has 1 aromatic rings. The van der Waals surface area contributed by atoms with Crippen LogP contribution in [0.3, 0.4) is 0 Å². The minimum Gasteiger partial charge on any atom is -0.384 e. The maximum atomic E-state index is 11.9. The van der Waals surface area contributed by atoms with Crippen molar-refractivity contribution in [2.45, 2.75) is 0 Å². The third kappa shape index (κ3) is 3.55. The van der Waals surface area contributed by atoms with Crippen molar-refractivity contribution < 1.29 is 14.6 Å². The first-order valence-corrected chi connectivity index (χ1v) is 6.44. The van der Waals surface area contributed by atoms with Crippen molar-refractivity contribution in [3.63, 3.8) is 0 Å². The van der Waals surface area contributed by atoms with Gasteiger partial charge in [0.05, 0.1) is 23.0 Å². The number of amides is 1. The highest BCUT2D eigenvalue weighted by atomic mass is 32.1. The molecule has 0 aromatic carbocycles. The molecule has 5 nitrogen and oxygen atoms in total. The first-order chi connectivity index (χ1) is 8.79. The predicted molar refractivity (Wildman–Crippen MR) is 68.1 cm³/mol. The summed E-state index contributed by atoms with van der Waals surface area (Å²) in [5.74, 6) is 5.21. The fourth-order valence-electron chi connectivity index (χ4n) is 1.53. The molecular formula is C12H14N2O3S. The highest BCUT2D eigenvalue weighted by Gasteiger charge is 2.15. The summed E-state index contributed by atoms with van der Waals surface area (Å²) in [6.07, 6.45) is 0. The molecule has 0 unspecified atom stereocenters. The van der Waals surface area contributed by atoms with Gasteiger partial charge in [-0.25, -0.2) is 5.01 Å². The van der Waals surface area contributed by atoms with Gasteiger partial charge in [-0.2, -0.15) is 0 Å². The molecule has 1 aliphatic heterocycles. The highest BCUT2D eigenvalue weighted by molar-refractivity contribution is 7.14. The molecule has 2 heterocycles. The number of hydrogen-bond donors (Lipinski definition) is 2. The molecule has 0 aliphatic carbocycles. The van der Waals surface area contributed by atoms with Crippen molar-refractivity contribution in [2.75, 3.05) is 32.9 Å². The van der Waals surface area contributed by atoms with Crippen LogP contribution in [0.1, 0.15) is 14.5 Å². The van der Waals surface area contributed by atoms with Gasteiger partial charge in [0.1, 0.15) is 6.61 Å². The fourth-order valence-corrected chi connectivity index (χ4v) is 2.30. The number of ether oxygens (including phenoxy) is 1. The number of nitrogens with zero attached hydrogens (tertiary/aromatic N) is 1. The topological polar surface area (TPSA) is 61.8 Å². The molecule has 2 rings (SSSR count). The number of hydrogen-bond acceptors (Lipinski definition) is 5. The summed E-state index contributed by atoms with van der Waals surface area (Å²) in [4.78, 5) is 13.3. The summed E-state index contributed by atoms with van der Waals surface area (Å²) in [6, 6.07) is 3.52. The second-order valence-corrected chi connectivity index (χ2v) is 4.75. The molecule has 1 fully saturated rings. The van der Waals surface area contributed by atoms with Crippen LogP contribution in [-0.2, 0) is 4.74 Å². The van der Waals surface area contributed by atoms with Crippen molar-refractivity contribution in [1.82, 2.24) is 10.4 Å². The Morgan fingerprint density at radius 1 is 1.50 bits per heavy atom. The van der Waals surface area contributed by atoms with Crippen LogP contribution in [0, 0.1) is 11.8 Å². The maximum Gasteiger partial charge on any atom is 0.275 e. The third-order valence-electron chi connectivity index (χ3n) is 2.39. The lowest BCUT2D eigenvalue weighted by molar-refractivity contribution is 0.0127. The number of morpholine rings is 1. The van der Waals surface area contributed by atoms with Crippen LogP contribution in [0.2, 0.25) is 0 Å². The Balaban J connectivity index is 1.93. The average Bonchev–Trinajstić information content (AvgIpc) is 2.86. The summed E-state index contributed by atoms with van der Waals surface area (Å²) in [6.45, 7) is 2.51. The largest absolute Gasteiger partial charge is 0.384 e. The number of nitrogens with one attached hydrogen (secondary N) is 1. The van der Waals surface area contributed by atoms with Crippen molar-refractivity contribution >= 4 is 17.2 Å². The van der Waals surface area contributed by atoms with E-state index in [-0.39, 0.29) is 12.5 Å². The molecule has 18 heavy (non-hydrogen) atoms. The molecule has 1 amide bonds. The van der Waals surface area contributed by atoms with Crippen LogP contribution in [-0.4, -0.2) is 48.9 Å². The zero-order valence-electron chi connectivity index (χ0n) is 9.81. The van der Waals surface area contributed by atoms with Gasteiger partial charge < -0.3 is 9.84 Å². The maximum absolute atomic E-state index is 11.9. The lowest BCUT2D eigenvalue weighted by Gasteiger charge is -2.26. The third-order valence-corrected chi connectivity index (χ3v) is 3.39. The highest BCUT2D eigenvalue weighted by Crippen LogP contribution is 2.15. The van der Waals surface area contributed by atoms with Gasteiger partial charge in [0.25, 0.3) is 5.91 Å². The fraction of sp³-hybridized carbons (Fsp3) is 0.417. The first-order valence-electron chi connectivity index (χ1n) is 5.63. The van der Waals surface area contributed by atoms with Gasteiger partial charge in [-0.1, -0.05) is 11.8 Å². The molecular weight excluding hydrogens is 252 g/mol. The van der Waals surface area contributed by atoms with E-state index in [2.05, 4.69) is 17.3 Å². The Hall–Kier alpha value is -1.39. The Morgan fingerprint density at radius 3 is 3.00 bits per heavy atom. The molecule has 2 N–H and O–H groups in total. The number of carbonyl (C=O) groups is 1. The zero-order valence-corrected chi connectivity index (χ0v) is 10.6. The van der Waals surface area contributed by atoms with Crippen LogP contribution in [0.4, 0.5) is 0 Å². The smallest absolute Gasteiger partial charge is 0.275 e. The number of thiophene rings is 1. The number of aliphatic hydroxyl groups excluding tert-OH is 1. The monoisotopic (exact) mass is 266 g/mol. The molecule has 0 bridgehead atoms. The molecule has 96 valence electrons. The average molecular weight is 266 g/mol. The Bertz CT molecular complexity index is 469. The number of rotatable bonds is 2. The Morgan fingerprint density at radius 2 is 2.28 bits per heavy atom. The van der Waals surface area contributed by atoms with Gasteiger partial charge in [0.15, 0.2) is 0 Å². The van der Waals surface area contributed by atoms with Crippen molar-refractivity contribution in [3.05, 3.63) is 21.9 Å². The van der Waals surface area contributed by atoms with E-state index in [1.807, 2.05) is 5.01 Å².